The zero-order valence-electron chi connectivity index (χ0n) is 15.4. The maximum atomic E-state index is 11.7. The molecule has 26 heavy (non-hydrogen) atoms. The van der Waals surface area contributed by atoms with Crippen LogP contribution in [0.25, 0.3) is 0 Å². The first-order valence-electron chi connectivity index (χ1n) is 7.93. The predicted octanol–water partition coefficient (Wildman–Crippen LogP) is 0.664. The molecule has 1 aliphatic rings. The Morgan fingerprint density at radius 2 is 1.77 bits per heavy atom. The fourth-order valence-electron chi connectivity index (χ4n) is 1.89. The predicted molar refractivity (Wildman–Crippen MR) is 87.8 cm³/mol. The van der Waals surface area contributed by atoms with Gasteiger partial charge in [0.1, 0.15) is 11.6 Å². The van der Waals surface area contributed by atoms with Crippen molar-refractivity contribution in [1.82, 2.24) is 10.6 Å². The summed E-state index contributed by atoms with van der Waals surface area (Å²) in [5.41, 5.74) is -1.10. The second-order valence-electron chi connectivity index (χ2n) is 7.02. The highest BCUT2D eigenvalue weighted by Gasteiger charge is 2.38. The van der Waals surface area contributed by atoms with Gasteiger partial charge in [0, 0.05) is 26.6 Å². The molecule has 1 amide bonds. The Morgan fingerprint density at radius 1 is 1.23 bits per heavy atom. The van der Waals surface area contributed by atoms with Gasteiger partial charge in [-0.3, -0.25) is 0 Å². The van der Waals surface area contributed by atoms with Crippen LogP contribution in [-0.4, -0.2) is 53.1 Å². The summed E-state index contributed by atoms with van der Waals surface area (Å²) in [5.74, 6) is -4.28. The Balaban J connectivity index is 2.56. The topological polar surface area (TPSA) is 140 Å². The van der Waals surface area contributed by atoms with Crippen LogP contribution in [0, 0.1) is 0 Å². The maximum Gasteiger partial charge on any atom is 0.408 e. The minimum Gasteiger partial charge on any atom is -0.480 e. The fraction of sp³-hybridized carbons (Fsp3) is 0.625. The highest BCUT2D eigenvalue weighted by molar-refractivity contribution is 6.15. The van der Waals surface area contributed by atoms with Crippen LogP contribution in [0.3, 0.4) is 0 Å². The van der Waals surface area contributed by atoms with E-state index < -0.39 is 41.4 Å². The van der Waals surface area contributed by atoms with Gasteiger partial charge in [0.05, 0.1) is 0 Å². The lowest BCUT2D eigenvalue weighted by Gasteiger charge is -2.29. The number of esters is 2. The summed E-state index contributed by atoms with van der Waals surface area (Å²) in [6.45, 7) is 7.86. The lowest BCUT2D eigenvalue weighted by Crippen LogP contribution is -2.44. The summed E-state index contributed by atoms with van der Waals surface area (Å²) in [4.78, 5) is 46.3. The van der Waals surface area contributed by atoms with E-state index in [2.05, 4.69) is 10.6 Å². The van der Waals surface area contributed by atoms with E-state index in [1.807, 2.05) is 0 Å². The van der Waals surface area contributed by atoms with E-state index in [1.54, 1.807) is 20.8 Å². The van der Waals surface area contributed by atoms with Crippen LogP contribution in [0.4, 0.5) is 4.79 Å². The summed E-state index contributed by atoms with van der Waals surface area (Å²) >= 11 is 0. The van der Waals surface area contributed by atoms with Gasteiger partial charge in [0.25, 0.3) is 5.79 Å². The SMILES string of the molecule is CC(C)(C)OC(=O)N[C@H](CCNC=C1C(=O)OC(C)(C)OC1=O)C(=O)O. The van der Waals surface area contributed by atoms with Crippen molar-refractivity contribution in [1.29, 1.82) is 0 Å². The summed E-state index contributed by atoms with van der Waals surface area (Å²) in [6, 6.07) is -1.21. The molecule has 0 aromatic rings. The van der Waals surface area contributed by atoms with Crippen LogP contribution in [-0.2, 0) is 28.6 Å². The van der Waals surface area contributed by atoms with Gasteiger partial charge in [-0.05, 0) is 27.2 Å². The van der Waals surface area contributed by atoms with E-state index in [0.29, 0.717) is 0 Å². The average Bonchev–Trinajstić information content (AvgIpc) is 2.40. The van der Waals surface area contributed by atoms with Crippen molar-refractivity contribution in [2.45, 2.75) is 58.5 Å². The van der Waals surface area contributed by atoms with E-state index >= 15 is 0 Å². The lowest BCUT2D eigenvalue weighted by molar-refractivity contribution is -0.222. The molecule has 10 nitrogen and oxygen atoms in total. The number of hydrogen-bond acceptors (Lipinski definition) is 8. The number of alkyl carbamates (subject to hydrolysis) is 1. The van der Waals surface area contributed by atoms with Crippen LogP contribution in [0.1, 0.15) is 41.0 Å². The van der Waals surface area contributed by atoms with Crippen molar-refractivity contribution in [2.75, 3.05) is 6.54 Å². The number of carboxylic acids is 1. The van der Waals surface area contributed by atoms with Crippen LogP contribution >= 0.6 is 0 Å². The lowest BCUT2D eigenvalue weighted by atomic mass is 10.2. The van der Waals surface area contributed by atoms with Gasteiger partial charge in [-0.25, -0.2) is 19.2 Å². The van der Waals surface area contributed by atoms with Crippen molar-refractivity contribution in [3.63, 3.8) is 0 Å². The molecule has 1 fully saturated rings. The number of rotatable bonds is 6. The molecule has 0 saturated carbocycles. The first-order chi connectivity index (χ1) is 11.8. The van der Waals surface area contributed by atoms with Crippen molar-refractivity contribution >= 4 is 24.0 Å². The number of amides is 1. The molecule has 1 heterocycles. The molecule has 1 rings (SSSR count). The third kappa shape index (κ3) is 6.99. The number of carbonyl (C=O) groups is 4. The summed E-state index contributed by atoms with van der Waals surface area (Å²) in [5, 5.41) is 14.0. The monoisotopic (exact) mass is 372 g/mol. The molecule has 1 aliphatic heterocycles. The molecule has 3 N–H and O–H groups in total. The summed E-state index contributed by atoms with van der Waals surface area (Å²) in [7, 11) is 0. The number of carboxylic acid groups (broad SMARTS) is 1. The summed E-state index contributed by atoms with van der Waals surface area (Å²) in [6.07, 6.45) is 0.213. The number of hydrogen-bond donors (Lipinski definition) is 3. The standard InChI is InChI=1S/C16H24N2O8/c1-15(2,3)26-14(23)18-10(11(19)20)6-7-17-8-9-12(21)24-16(4,5)25-13(9)22/h8,10,17H,6-7H2,1-5H3,(H,18,23)(H,19,20)/t10-/m1/s1. The Kier molecular flexibility index (Phi) is 6.60. The van der Waals surface area contributed by atoms with Gasteiger partial charge >= 0.3 is 24.0 Å². The van der Waals surface area contributed by atoms with E-state index in [0.717, 1.165) is 6.20 Å². The zero-order chi connectivity index (χ0) is 20.1. The van der Waals surface area contributed by atoms with Crippen LogP contribution in [0.5, 0.6) is 0 Å². The smallest absolute Gasteiger partial charge is 0.408 e. The van der Waals surface area contributed by atoms with Gasteiger partial charge in [0.15, 0.2) is 5.57 Å². The molecule has 0 bridgehead atoms. The molecule has 1 saturated heterocycles. The van der Waals surface area contributed by atoms with Crippen molar-refractivity contribution in [3.8, 4) is 0 Å². The normalized spacial score (nSPS) is 17.5. The van der Waals surface area contributed by atoms with E-state index in [4.69, 9.17) is 19.3 Å². The Bertz CT molecular complexity index is 596. The highest BCUT2D eigenvalue weighted by Crippen LogP contribution is 2.21. The number of cyclic esters (lactones) is 2. The molecule has 0 aromatic carbocycles. The fourth-order valence-corrected chi connectivity index (χ4v) is 1.89. The number of carbonyl (C=O) groups excluding carboxylic acids is 3. The molecule has 0 aliphatic carbocycles. The first-order valence-corrected chi connectivity index (χ1v) is 7.93. The van der Waals surface area contributed by atoms with E-state index in [-0.39, 0.29) is 18.5 Å². The van der Waals surface area contributed by atoms with Crippen LogP contribution < -0.4 is 10.6 Å². The van der Waals surface area contributed by atoms with Crippen molar-refractivity contribution in [3.05, 3.63) is 11.8 Å². The molecular weight excluding hydrogens is 348 g/mol. The second kappa shape index (κ2) is 8.07. The van der Waals surface area contributed by atoms with Crippen molar-refractivity contribution < 1.29 is 38.5 Å². The summed E-state index contributed by atoms with van der Waals surface area (Å²) < 4.78 is 14.8. The van der Waals surface area contributed by atoms with E-state index in [1.165, 1.54) is 13.8 Å². The Hall–Kier alpha value is -2.78. The first kappa shape index (κ1) is 21.3. The number of ether oxygens (including phenoxy) is 3. The second-order valence-corrected chi connectivity index (χ2v) is 7.02. The highest BCUT2D eigenvalue weighted by atomic mass is 16.7. The van der Waals surface area contributed by atoms with Gasteiger partial charge in [-0.2, -0.15) is 0 Å². The quantitative estimate of drug-likeness (QED) is 0.265. The molecule has 146 valence electrons. The number of aliphatic carboxylic acids is 1. The van der Waals surface area contributed by atoms with Crippen LogP contribution in [0.15, 0.2) is 11.8 Å². The minimum absolute atomic E-state index is 0.0199. The molecule has 0 spiro atoms. The third-order valence-electron chi connectivity index (χ3n) is 2.93. The van der Waals surface area contributed by atoms with Crippen molar-refractivity contribution in [2.24, 2.45) is 0 Å². The molecule has 0 aromatic heterocycles. The Labute approximate surface area is 150 Å². The molecule has 10 heteroatoms. The van der Waals surface area contributed by atoms with Crippen LogP contribution in [0.2, 0.25) is 0 Å². The van der Waals surface area contributed by atoms with E-state index in [9.17, 15) is 19.2 Å². The number of nitrogens with one attached hydrogen (secondary N) is 2. The van der Waals surface area contributed by atoms with Gasteiger partial charge in [0.2, 0.25) is 0 Å². The largest absolute Gasteiger partial charge is 0.480 e. The Morgan fingerprint density at radius 3 is 2.23 bits per heavy atom. The van der Waals surface area contributed by atoms with Gasteiger partial charge < -0.3 is 30.0 Å². The third-order valence-corrected chi connectivity index (χ3v) is 2.93. The molecule has 0 unspecified atom stereocenters. The van der Waals surface area contributed by atoms with Gasteiger partial charge in [-0.15, -0.1) is 0 Å². The van der Waals surface area contributed by atoms with Gasteiger partial charge in [-0.1, -0.05) is 0 Å². The molecular formula is C16H24N2O8. The minimum atomic E-state index is -1.34. The zero-order valence-corrected chi connectivity index (χ0v) is 15.4. The molecule has 1 atom stereocenters. The molecule has 0 radical (unpaired) electrons. The average molecular weight is 372 g/mol. The maximum absolute atomic E-state index is 11.7.